The second-order valence-corrected chi connectivity index (χ2v) is 9.84. The molecule has 2 heterocycles. The minimum absolute atomic E-state index is 0.0215. The molecule has 2 amide bonds. The van der Waals surface area contributed by atoms with E-state index in [1.165, 1.54) is 21.3 Å². The van der Waals surface area contributed by atoms with E-state index in [2.05, 4.69) is 14.9 Å². The summed E-state index contributed by atoms with van der Waals surface area (Å²) < 4.78 is 35.2. The van der Waals surface area contributed by atoms with Gasteiger partial charge >= 0.3 is 5.97 Å². The van der Waals surface area contributed by atoms with Crippen LogP contribution in [0, 0.1) is 5.92 Å². The van der Waals surface area contributed by atoms with E-state index in [-0.39, 0.29) is 41.1 Å². The number of esters is 1. The third kappa shape index (κ3) is 5.20. The van der Waals surface area contributed by atoms with Crippen LogP contribution in [0.25, 0.3) is 0 Å². The van der Waals surface area contributed by atoms with Crippen molar-refractivity contribution >= 4 is 50.0 Å². The highest BCUT2D eigenvalue weighted by Gasteiger charge is 2.36. The first-order valence-corrected chi connectivity index (χ1v) is 12.6. The fraction of sp³-hybridized carbons (Fsp3) is 0.450. The number of sulfonamides is 1. The Labute approximate surface area is 195 Å². The normalized spacial score (nSPS) is 16.3. The Bertz CT molecular complexity index is 1130. The Hall–Kier alpha value is -2.90. The van der Waals surface area contributed by atoms with Gasteiger partial charge in [0.05, 0.1) is 17.4 Å². The van der Waals surface area contributed by atoms with E-state index in [1.807, 2.05) is 0 Å². The van der Waals surface area contributed by atoms with Crippen molar-refractivity contribution in [2.45, 2.75) is 32.1 Å². The Balaban J connectivity index is 1.70. The van der Waals surface area contributed by atoms with E-state index < -0.39 is 27.8 Å². The SMILES string of the molecule is CCOC(=O)c1nnsc1NC(=O)C1CC(=O)N(c2ccc(S(=O)(=O)N(CC)CC)cc2)C1. The lowest BCUT2D eigenvalue weighted by Crippen LogP contribution is -2.31. The summed E-state index contributed by atoms with van der Waals surface area (Å²) in [7, 11) is -3.61. The molecule has 1 fully saturated rings. The minimum Gasteiger partial charge on any atom is -0.461 e. The number of hydrogen-bond acceptors (Lipinski definition) is 9. The van der Waals surface area contributed by atoms with Crippen LogP contribution in [0.3, 0.4) is 0 Å². The summed E-state index contributed by atoms with van der Waals surface area (Å²) in [6, 6.07) is 6.03. The van der Waals surface area contributed by atoms with Gasteiger partial charge in [-0.25, -0.2) is 13.2 Å². The van der Waals surface area contributed by atoms with E-state index in [1.54, 1.807) is 32.9 Å². The molecule has 0 spiro atoms. The molecule has 0 aliphatic carbocycles. The summed E-state index contributed by atoms with van der Waals surface area (Å²) in [5.41, 5.74) is 0.418. The average Bonchev–Trinajstić information content (AvgIpc) is 3.41. The molecule has 3 rings (SSSR count). The van der Waals surface area contributed by atoms with Crippen LogP contribution >= 0.6 is 11.5 Å². The quantitative estimate of drug-likeness (QED) is 0.519. The molecule has 0 saturated carbocycles. The third-order valence-corrected chi connectivity index (χ3v) is 7.89. The predicted octanol–water partition coefficient (Wildman–Crippen LogP) is 1.74. The third-order valence-electron chi connectivity index (χ3n) is 5.18. The lowest BCUT2D eigenvalue weighted by molar-refractivity contribution is -0.122. The van der Waals surface area contributed by atoms with Crippen molar-refractivity contribution in [1.82, 2.24) is 13.9 Å². The van der Waals surface area contributed by atoms with E-state index in [9.17, 15) is 22.8 Å². The number of aromatic nitrogens is 2. The second-order valence-electron chi connectivity index (χ2n) is 7.15. The van der Waals surface area contributed by atoms with E-state index in [4.69, 9.17) is 4.74 Å². The van der Waals surface area contributed by atoms with E-state index in [0.717, 1.165) is 11.5 Å². The standard InChI is InChI=1S/C20H25N5O6S2/c1-4-24(5-2)33(29,30)15-9-7-14(8-10-15)25-12-13(11-16(25)26)18(27)21-19-17(22-23-32-19)20(28)31-6-3/h7-10,13H,4-6,11-12H2,1-3H3,(H,21,27). The Morgan fingerprint density at radius 3 is 2.48 bits per heavy atom. The van der Waals surface area contributed by atoms with Gasteiger partial charge in [0.25, 0.3) is 0 Å². The average molecular weight is 496 g/mol. The van der Waals surface area contributed by atoms with Crippen LogP contribution < -0.4 is 10.2 Å². The lowest BCUT2D eigenvalue weighted by Gasteiger charge is -2.20. The van der Waals surface area contributed by atoms with E-state index >= 15 is 0 Å². The highest BCUT2D eigenvalue weighted by Crippen LogP contribution is 2.28. The first-order valence-electron chi connectivity index (χ1n) is 10.4. The zero-order chi connectivity index (χ0) is 24.2. The van der Waals surface area contributed by atoms with Crippen molar-refractivity contribution in [1.29, 1.82) is 0 Å². The number of benzene rings is 1. The highest BCUT2D eigenvalue weighted by atomic mass is 32.2. The summed E-state index contributed by atoms with van der Waals surface area (Å²) in [5, 5.41) is 6.46. The monoisotopic (exact) mass is 495 g/mol. The van der Waals surface area contributed by atoms with Gasteiger partial charge in [-0.05, 0) is 31.2 Å². The number of anilines is 2. The number of carbonyl (C=O) groups is 3. The summed E-state index contributed by atoms with van der Waals surface area (Å²) in [6.07, 6.45) is -0.0215. The van der Waals surface area contributed by atoms with Crippen LogP contribution in [0.2, 0.25) is 0 Å². The molecule has 1 unspecified atom stereocenters. The van der Waals surface area contributed by atoms with Crippen LogP contribution in [0.1, 0.15) is 37.7 Å². The smallest absolute Gasteiger partial charge is 0.362 e. The maximum Gasteiger partial charge on any atom is 0.362 e. The Morgan fingerprint density at radius 2 is 1.88 bits per heavy atom. The van der Waals surface area contributed by atoms with Crippen LogP contribution in [-0.2, 0) is 24.3 Å². The van der Waals surface area contributed by atoms with Gasteiger partial charge < -0.3 is 15.0 Å². The molecular weight excluding hydrogens is 470 g/mol. The Morgan fingerprint density at radius 1 is 1.21 bits per heavy atom. The van der Waals surface area contributed by atoms with Crippen molar-refractivity contribution in [2.24, 2.45) is 5.92 Å². The van der Waals surface area contributed by atoms with Gasteiger partial charge in [-0.15, -0.1) is 5.10 Å². The van der Waals surface area contributed by atoms with Gasteiger partial charge in [-0.1, -0.05) is 18.3 Å². The molecule has 0 radical (unpaired) electrons. The first kappa shape index (κ1) is 24.7. The van der Waals surface area contributed by atoms with Crippen LogP contribution in [0.4, 0.5) is 10.7 Å². The van der Waals surface area contributed by atoms with Crippen molar-refractivity contribution in [3.8, 4) is 0 Å². The highest BCUT2D eigenvalue weighted by molar-refractivity contribution is 7.89. The predicted molar refractivity (Wildman–Crippen MR) is 122 cm³/mol. The summed E-state index contributed by atoms with van der Waals surface area (Å²) in [5.74, 6) is -2.05. The molecule has 33 heavy (non-hydrogen) atoms. The maximum absolute atomic E-state index is 12.7. The van der Waals surface area contributed by atoms with Crippen LogP contribution in [-0.4, -0.2) is 66.3 Å². The number of ether oxygens (including phenoxy) is 1. The number of nitrogens with one attached hydrogen (secondary N) is 1. The van der Waals surface area contributed by atoms with Crippen molar-refractivity contribution in [2.75, 3.05) is 36.5 Å². The topological polar surface area (TPSA) is 139 Å². The zero-order valence-corrected chi connectivity index (χ0v) is 20.1. The Kier molecular flexibility index (Phi) is 7.76. The molecule has 1 aromatic carbocycles. The van der Waals surface area contributed by atoms with Gasteiger partial charge in [-0.2, -0.15) is 4.31 Å². The molecule has 0 bridgehead atoms. The van der Waals surface area contributed by atoms with Crippen LogP contribution in [0.15, 0.2) is 29.2 Å². The van der Waals surface area contributed by atoms with Crippen molar-refractivity contribution in [3.05, 3.63) is 30.0 Å². The number of hydrogen-bond donors (Lipinski definition) is 1. The molecule has 1 atom stereocenters. The molecule has 1 aromatic heterocycles. The van der Waals surface area contributed by atoms with Gasteiger partial charge in [0.2, 0.25) is 27.5 Å². The molecular formula is C20H25N5O6S2. The summed E-state index contributed by atoms with van der Waals surface area (Å²) in [4.78, 5) is 38.8. The first-order chi connectivity index (χ1) is 15.7. The molecule has 13 heteroatoms. The van der Waals surface area contributed by atoms with Crippen LogP contribution in [0.5, 0.6) is 0 Å². The summed E-state index contributed by atoms with van der Waals surface area (Å²) >= 11 is 0.845. The zero-order valence-electron chi connectivity index (χ0n) is 18.5. The number of nitrogens with zero attached hydrogens (tertiary/aromatic N) is 4. The molecule has 1 aliphatic rings. The van der Waals surface area contributed by atoms with Gasteiger partial charge in [-0.3, -0.25) is 9.59 Å². The molecule has 2 aromatic rings. The van der Waals surface area contributed by atoms with E-state index in [0.29, 0.717) is 18.8 Å². The van der Waals surface area contributed by atoms with Gasteiger partial charge in [0.1, 0.15) is 0 Å². The van der Waals surface area contributed by atoms with Crippen molar-refractivity contribution < 1.29 is 27.5 Å². The number of amides is 2. The second kappa shape index (κ2) is 10.4. The fourth-order valence-electron chi connectivity index (χ4n) is 3.46. The minimum atomic E-state index is -3.61. The largest absolute Gasteiger partial charge is 0.461 e. The fourth-order valence-corrected chi connectivity index (χ4v) is 5.48. The maximum atomic E-state index is 12.7. The molecule has 1 saturated heterocycles. The van der Waals surface area contributed by atoms with Gasteiger partial charge in [0.15, 0.2) is 5.00 Å². The molecule has 178 valence electrons. The molecule has 11 nitrogen and oxygen atoms in total. The molecule has 1 N–H and O–H groups in total. The lowest BCUT2D eigenvalue weighted by atomic mass is 10.1. The molecule has 1 aliphatic heterocycles. The number of carbonyl (C=O) groups excluding carboxylic acids is 3. The summed E-state index contributed by atoms with van der Waals surface area (Å²) in [6.45, 7) is 6.17. The van der Waals surface area contributed by atoms with Crippen molar-refractivity contribution in [3.63, 3.8) is 0 Å². The van der Waals surface area contributed by atoms with Gasteiger partial charge in [0, 0.05) is 43.3 Å². The number of rotatable bonds is 9.